The summed E-state index contributed by atoms with van der Waals surface area (Å²) in [6.07, 6.45) is 0. The van der Waals surface area contributed by atoms with Crippen LogP contribution >= 0.6 is 0 Å². The first-order chi connectivity index (χ1) is 19.1. The van der Waals surface area contributed by atoms with Crippen LogP contribution in [0.5, 0.6) is 0 Å². The number of benzene rings is 6. The minimum Gasteiger partial charge on any atom is -0.455 e. The van der Waals surface area contributed by atoms with E-state index >= 15 is 0 Å². The van der Waals surface area contributed by atoms with Gasteiger partial charge in [0.1, 0.15) is 11.2 Å². The van der Waals surface area contributed by atoms with Gasteiger partial charge in [-0.2, -0.15) is 0 Å². The monoisotopic (exact) mass is 403 g/mol. The third-order valence-electron chi connectivity index (χ3n) is 5.78. The zero-order valence-electron chi connectivity index (χ0n) is 25.1. The molecule has 0 aliphatic heterocycles. The van der Waals surface area contributed by atoms with E-state index < -0.39 is 36.3 Å². The summed E-state index contributed by atoms with van der Waals surface area (Å²) < 4.78 is 83.8. The molecule has 1 heterocycles. The summed E-state index contributed by atoms with van der Waals surface area (Å²) >= 11 is 0. The van der Waals surface area contributed by atoms with Crippen molar-refractivity contribution in [2.75, 3.05) is 0 Å². The van der Waals surface area contributed by atoms with Crippen molar-refractivity contribution in [3.63, 3.8) is 0 Å². The molecule has 0 amide bonds. The van der Waals surface area contributed by atoms with Crippen molar-refractivity contribution in [1.82, 2.24) is 0 Å². The van der Waals surface area contributed by atoms with Crippen LogP contribution in [0.1, 0.15) is 12.3 Å². The van der Waals surface area contributed by atoms with Crippen molar-refractivity contribution in [2.24, 2.45) is 0 Å². The molecule has 0 spiro atoms. The Balaban J connectivity index is 1.87. The maximum atomic E-state index is 8.97. The van der Waals surface area contributed by atoms with E-state index in [1.807, 2.05) is 54.6 Å². The van der Waals surface area contributed by atoms with Gasteiger partial charge in [0.15, 0.2) is 0 Å². The Morgan fingerprint density at radius 3 is 1.94 bits per heavy atom. The minimum absolute atomic E-state index is 0.0332. The topological polar surface area (TPSA) is 13.1 Å². The molecular formula is C30H18O. The quantitative estimate of drug-likeness (QED) is 0.250. The summed E-state index contributed by atoms with van der Waals surface area (Å²) in [5.41, 5.74) is 2.04. The molecule has 1 aromatic heterocycles. The van der Waals surface area contributed by atoms with Crippen molar-refractivity contribution in [2.45, 2.75) is 0 Å². The number of para-hydroxylation sites is 1. The van der Waals surface area contributed by atoms with Crippen LogP contribution in [0.25, 0.3) is 65.4 Å². The Hall–Kier alpha value is -4.10. The van der Waals surface area contributed by atoms with Crippen LogP contribution in [0.4, 0.5) is 0 Å². The molecule has 0 unspecified atom stereocenters. The van der Waals surface area contributed by atoms with E-state index in [0.717, 1.165) is 16.2 Å². The predicted molar refractivity (Wildman–Crippen MR) is 132 cm³/mol. The minimum atomic E-state index is -0.515. The first-order valence-corrected chi connectivity index (χ1v) is 9.89. The van der Waals surface area contributed by atoms with Crippen LogP contribution in [-0.4, -0.2) is 0 Å². The van der Waals surface area contributed by atoms with Crippen LogP contribution in [0.2, 0.25) is 0 Å². The number of hydrogen-bond donors (Lipinski definition) is 0. The fourth-order valence-electron chi connectivity index (χ4n) is 4.46. The Morgan fingerprint density at radius 2 is 1.19 bits per heavy atom. The van der Waals surface area contributed by atoms with E-state index in [1.54, 1.807) is 0 Å². The highest BCUT2D eigenvalue weighted by atomic mass is 16.3. The van der Waals surface area contributed by atoms with Crippen molar-refractivity contribution in [3.05, 3.63) is 109 Å². The molecule has 0 radical (unpaired) electrons. The first-order valence-electron chi connectivity index (χ1n) is 14.4. The van der Waals surface area contributed by atoms with Gasteiger partial charge in [-0.15, -0.1) is 0 Å². The van der Waals surface area contributed by atoms with Gasteiger partial charge in [0.05, 0.1) is 12.3 Å². The van der Waals surface area contributed by atoms with Crippen LogP contribution in [0.15, 0.2) is 113 Å². The lowest BCUT2D eigenvalue weighted by atomic mass is 9.88. The third kappa shape index (κ3) is 2.32. The molecule has 1 nitrogen and oxygen atoms in total. The van der Waals surface area contributed by atoms with Gasteiger partial charge < -0.3 is 4.42 Å². The van der Waals surface area contributed by atoms with Gasteiger partial charge in [-0.05, 0) is 56.2 Å². The van der Waals surface area contributed by atoms with Gasteiger partial charge in [0.2, 0.25) is 0 Å². The van der Waals surface area contributed by atoms with Crippen LogP contribution in [-0.2, 0) is 0 Å². The van der Waals surface area contributed by atoms with Crippen molar-refractivity contribution < 1.29 is 16.8 Å². The fraction of sp³-hybridized carbons (Fsp3) is 0. The summed E-state index contributed by atoms with van der Waals surface area (Å²) in [5, 5.41) is 2.87. The molecule has 31 heavy (non-hydrogen) atoms. The van der Waals surface area contributed by atoms with Gasteiger partial charge in [0, 0.05) is 16.2 Å². The molecule has 7 aromatic rings. The molecule has 144 valence electrons. The molecule has 6 aromatic carbocycles. The molecule has 0 saturated heterocycles. The highest BCUT2D eigenvalue weighted by Crippen LogP contribution is 2.44. The van der Waals surface area contributed by atoms with Crippen molar-refractivity contribution in [3.8, 4) is 11.1 Å². The second-order valence-corrected chi connectivity index (χ2v) is 7.44. The summed E-state index contributed by atoms with van der Waals surface area (Å²) in [6, 6.07) is 12.8. The summed E-state index contributed by atoms with van der Waals surface area (Å²) in [4.78, 5) is 0. The SMILES string of the molecule is [2H]c1c([2H])c([2H])c2c(-c3cc4c5ccccc5oc4c4ccccc34)c3c([2H])c([2H])c([2H])c([2H])c3c([2H])c2c1[2H]. The number of fused-ring (bicyclic) bond motifs is 7. The molecule has 1 heteroatoms. The Morgan fingerprint density at radius 1 is 0.581 bits per heavy atom. The standard InChI is InChI=1S/C30H18O/c1-3-11-21-19(9-1)17-20-10-2-4-12-22(20)29(21)26-18-27-24-14-7-8-16-28(24)31-30(27)25-15-6-5-13-23(25)26/h1-18H/i1D,2D,3D,4D,9D,10D,11D,12D,17D. The molecule has 0 atom stereocenters. The maximum Gasteiger partial charge on any atom is 0.143 e. The first kappa shape index (κ1) is 10.3. The lowest BCUT2D eigenvalue weighted by Crippen LogP contribution is -1.88. The highest BCUT2D eigenvalue weighted by Gasteiger charge is 2.17. The molecule has 7 rings (SSSR count). The van der Waals surface area contributed by atoms with E-state index in [9.17, 15) is 0 Å². The van der Waals surface area contributed by atoms with E-state index in [-0.39, 0.29) is 45.2 Å². The molecule has 0 fully saturated rings. The van der Waals surface area contributed by atoms with Crippen LogP contribution < -0.4 is 0 Å². The predicted octanol–water partition coefficient (Wildman–Crippen LogP) is 8.71. The Bertz CT molecular complexity index is 2190. The summed E-state index contributed by atoms with van der Waals surface area (Å²) in [6.45, 7) is 0. The summed E-state index contributed by atoms with van der Waals surface area (Å²) in [7, 11) is 0. The Kier molecular flexibility index (Phi) is 2.06. The number of furan rings is 1. The summed E-state index contributed by atoms with van der Waals surface area (Å²) in [5.74, 6) is 0. The lowest BCUT2D eigenvalue weighted by Gasteiger charge is -2.15. The average molecular weight is 404 g/mol. The highest BCUT2D eigenvalue weighted by molar-refractivity contribution is 6.23. The molecular weight excluding hydrogens is 376 g/mol. The molecule has 0 saturated carbocycles. The fourth-order valence-corrected chi connectivity index (χ4v) is 4.46. The molecule has 0 bridgehead atoms. The van der Waals surface area contributed by atoms with Crippen LogP contribution in [0.3, 0.4) is 0 Å². The van der Waals surface area contributed by atoms with Gasteiger partial charge in [-0.25, -0.2) is 0 Å². The van der Waals surface area contributed by atoms with Crippen molar-refractivity contribution >= 4 is 54.3 Å². The normalized spacial score (nSPS) is 15.9. The molecule has 0 aliphatic rings. The van der Waals surface area contributed by atoms with Gasteiger partial charge in [-0.3, -0.25) is 0 Å². The molecule has 0 aliphatic carbocycles. The van der Waals surface area contributed by atoms with E-state index in [1.165, 1.54) is 0 Å². The van der Waals surface area contributed by atoms with Gasteiger partial charge >= 0.3 is 0 Å². The second-order valence-electron chi connectivity index (χ2n) is 7.44. The second kappa shape index (κ2) is 6.20. The maximum absolute atomic E-state index is 8.97. The zero-order chi connectivity index (χ0) is 28.2. The number of hydrogen-bond acceptors (Lipinski definition) is 1. The van der Waals surface area contributed by atoms with Gasteiger partial charge in [0.25, 0.3) is 0 Å². The van der Waals surface area contributed by atoms with Crippen molar-refractivity contribution in [1.29, 1.82) is 0 Å². The van der Waals surface area contributed by atoms with E-state index in [2.05, 4.69) is 0 Å². The smallest absolute Gasteiger partial charge is 0.143 e. The van der Waals surface area contributed by atoms with Crippen LogP contribution in [0, 0.1) is 0 Å². The Labute approximate surface area is 191 Å². The van der Waals surface area contributed by atoms with Gasteiger partial charge in [-0.1, -0.05) is 90.8 Å². The largest absolute Gasteiger partial charge is 0.455 e. The number of rotatable bonds is 1. The zero-order valence-corrected chi connectivity index (χ0v) is 16.1. The average Bonchev–Trinajstić information content (AvgIpc) is 3.34. The van der Waals surface area contributed by atoms with E-state index in [0.29, 0.717) is 22.1 Å². The third-order valence-corrected chi connectivity index (χ3v) is 5.78. The lowest BCUT2D eigenvalue weighted by molar-refractivity contribution is 0.672. The molecule has 0 N–H and O–H groups in total. The van der Waals surface area contributed by atoms with E-state index in [4.69, 9.17) is 16.8 Å².